The summed E-state index contributed by atoms with van der Waals surface area (Å²) < 4.78 is 0. The fourth-order valence-electron chi connectivity index (χ4n) is 3.07. The van der Waals surface area contributed by atoms with Crippen LogP contribution in [0.4, 0.5) is 0 Å². The van der Waals surface area contributed by atoms with Crippen LogP contribution in [0, 0.1) is 0 Å². The molecule has 0 aromatic rings. The summed E-state index contributed by atoms with van der Waals surface area (Å²) in [6, 6.07) is 1.57. The van der Waals surface area contributed by atoms with Crippen LogP contribution in [-0.4, -0.2) is 36.6 Å². The lowest BCUT2D eigenvalue weighted by atomic mass is 9.95. The largest absolute Gasteiger partial charge is 0.314 e. The van der Waals surface area contributed by atoms with Gasteiger partial charge in [-0.05, 0) is 58.7 Å². The van der Waals surface area contributed by atoms with Crippen molar-refractivity contribution in [1.29, 1.82) is 0 Å². The Balaban J connectivity index is 2.12. The predicted molar refractivity (Wildman–Crippen MR) is 85.7 cm³/mol. The number of unbranched alkanes of at least 4 members (excludes halogenated alkanes) is 1. The average molecular weight is 268 g/mol. The number of nitrogens with zero attached hydrogens (tertiary/aromatic N) is 1. The van der Waals surface area contributed by atoms with Gasteiger partial charge in [0.25, 0.3) is 0 Å². The molecule has 2 heteroatoms. The first-order valence-corrected chi connectivity index (χ1v) is 8.75. The Labute approximate surface area is 121 Å². The molecule has 1 atom stereocenters. The summed E-state index contributed by atoms with van der Waals surface area (Å²) in [5.74, 6) is 0. The van der Waals surface area contributed by atoms with E-state index in [1.54, 1.807) is 0 Å². The topological polar surface area (TPSA) is 15.3 Å². The second-order valence-corrected chi connectivity index (χ2v) is 6.29. The quantitative estimate of drug-likeness (QED) is 0.597. The van der Waals surface area contributed by atoms with Crippen LogP contribution in [0.5, 0.6) is 0 Å². The highest BCUT2D eigenvalue weighted by atomic mass is 15.1. The molecule has 1 saturated carbocycles. The van der Waals surface area contributed by atoms with Crippen LogP contribution in [0.25, 0.3) is 0 Å². The highest BCUT2D eigenvalue weighted by molar-refractivity contribution is 4.72. The minimum Gasteiger partial charge on any atom is -0.314 e. The van der Waals surface area contributed by atoms with Gasteiger partial charge in [-0.15, -0.1) is 0 Å². The van der Waals surface area contributed by atoms with E-state index in [4.69, 9.17) is 0 Å². The first-order valence-electron chi connectivity index (χ1n) is 8.75. The molecule has 1 rings (SSSR count). The molecule has 0 heterocycles. The van der Waals surface area contributed by atoms with E-state index in [9.17, 15) is 0 Å². The molecule has 0 amide bonds. The van der Waals surface area contributed by atoms with Crippen LogP contribution in [0.1, 0.15) is 78.6 Å². The van der Waals surface area contributed by atoms with Crippen molar-refractivity contribution in [2.75, 3.05) is 19.6 Å². The molecule has 2 nitrogen and oxygen atoms in total. The Morgan fingerprint density at radius 3 is 2.37 bits per heavy atom. The van der Waals surface area contributed by atoms with E-state index in [1.165, 1.54) is 77.4 Å². The monoisotopic (exact) mass is 268 g/mol. The van der Waals surface area contributed by atoms with Gasteiger partial charge in [0.2, 0.25) is 0 Å². The summed E-state index contributed by atoms with van der Waals surface area (Å²) in [5, 5.41) is 3.76. The third-order valence-electron chi connectivity index (χ3n) is 4.67. The highest BCUT2D eigenvalue weighted by Crippen LogP contribution is 2.17. The lowest BCUT2D eigenvalue weighted by Gasteiger charge is -2.29. The minimum absolute atomic E-state index is 0.751. The lowest BCUT2D eigenvalue weighted by Crippen LogP contribution is -2.37. The molecule has 1 aliphatic rings. The molecule has 1 aliphatic carbocycles. The normalized spacial score (nSPS) is 18.9. The summed E-state index contributed by atoms with van der Waals surface area (Å²) in [6.07, 6.45) is 12.4. The molecular formula is C17H36N2. The van der Waals surface area contributed by atoms with Crippen LogP contribution >= 0.6 is 0 Å². The standard InChI is InChI=1S/C17H36N2/c1-4-6-14-19(16(3)5-2)15-10-13-18-17-11-8-7-9-12-17/h16-18H,4-15H2,1-3H3. The van der Waals surface area contributed by atoms with E-state index in [1.807, 2.05) is 0 Å². The zero-order valence-electron chi connectivity index (χ0n) is 13.6. The van der Waals surface area contributed by atoms with E-state index >= 15 is 0 Å². The van der Waals surface area contributed by atoms with Crippen LogP contribution < -0.4 is 5.32 Å². The van der Waals surface area contributed by atoms with Crippen molar-refractivity contribution in [1.82, 2.24) is 10.2 Å². The van der Waals surface area contributed by atoms with Gasteiger partial charge >= 0.3 is 0 Å². The molecular weight excluding hydrogens is 232 g/mol. The number of nitrogens with one attached hydrogen (secondary N) is 1. The SMILES string of the molecule is CCCCN(CCCNC1CCCCC1)C(C)CC. The lowest BCUT2D eigenvalue weighted by molar-refractivity contribution is 0.196. The Kier molecular flexibility index (Phi) is 9.54. The van der Waals surface area contributed by atoms with Gasteiger partial charge in [-0.2, -0.15) is 0 Å². The molecule has 0 aromatic carbocycles. The maximum Gasteiger partial charge on any atom is 0.00670 e. The van der Waals surface area contributed by atoms with E-state index in [2.05, 4.69) is 31.0 Å². The fraction of sp³-hybridized carbons (Fsp3) is 1.00. The van der Waals surface area contributed by atoms with Gasteiger partial charge in [-0.25, -0.2) is 0 Å². The Morgan fingerprint density at radius 1 is 1.05 bits per heavy atom. The maximum atomic E-state index is 3.76. The first-order chi connectivity index (χ1) is 9.27. The molecule has 0 bridgehead atoms. The number of hydrogen-bond donors (Lipinski definition) is 1. The molecule has 1 unspecified atom stereocenters. The molecule has 19 heavy (non-hydrogen) atoms. The van der Waals surface area contributed by atoms with Gasteiger partial charge in [0, 0.05) is 12.1 Å². The Bertz CT molecular complexity index is 199. The zero-order chi connectivity index (χ0) is 13.9. The van der Waals surface area contributed by atoms with Crippen LogP contribution in [-0.2, 0) is 0 Å². The van der Waals surface area contributed by atoms with Crippen LogP contribution in [0.3, 0.4) is 0 Å². The first kappa shape index (κ1) is 17.0. The van der Waals surface area contributed by atoms with Crippen LogP contribution in [0.2, 0.25) is 0 Å². The maximum absolute atomic E-state index is 3.76. The Hall–Kier alpha value is -0.0800. The second kappa shape index (κ2) is 10.7. The van der Waals surface area contributed by atoms with E-state index in [-0.39, 0.29) is 0 Å². The van der Waals surface area contributed by atoms with Gasteiger partial charge in [-0.1, -0.05) is 39.5 Å². The minimum atomic E-state index is 0.751. The molecule has 0 aromatic heterocycles. The van der Waals surface area contributed by atoms with Crippen molar-refractivity contribution in [3.05, 3.63) is 0 Å². The summed E-state index contributed by atoms with van der Waals surface area (Å²) in [5.41, 5.74) is 0. The predicted octanol–water partition coefficient (Wildman–Crippen LogP) is 4.20. The van der Waals surface area contributed by atoms with Crippen molar-refractivity contribution in [3.8, 4) is 0 Å². The van der Waals surface area contributed by atoms with Gasteiger partial charge in [0.1, 0.15) is 0 Å². The van der Waals surface area contributed by atoms with Crippen molar-refractivity contribution < 1.29 is 0 Å². The van der Waals surface area contributed by atoms with E-state index in [0.717, 1.165) is 12.1 Å². The van der Waals surface area contributed by atoms with Crippen LogP contribution in [0.15, 0.2) is 0 Å². The third kappa shape index (κ3) is 7.31. The van der Waals surface area contributed by atoms with E-state index < -0.39 is 0 Å². The van der Waals surface area contributed by atoms with Gasteiger partial charge in [-0.3, -0.25) is 0 Å². The van der Waals surface area contributed by atoms with Crippen molar-refractivity contribution in [2.45, 2.75) is 90.6 Å². The highest BCUT2D eigenvalue weighted by Gasteiger charge is 2.13. The molecule has 1 fully saturated rings. The van der Waals surface area contributed by atoms with E-state index in [0.29, 0.717) is 0 Å². The molecule has 0 aliphatic heterocycles. The fourth-order valence-corrected chi connectivity index (χ4v) is 3.07. The average Bonchev–Trinajstić information content (AvgIpc) is 2.47. The molecule has 0 spiro atoms. The summed E-state index contributed by atoms with van der Waals surface area (Å²) in [7, 11) is 0. The number of rotatable bonds is 10. The zero-order valence-corrected chi connectivity index (χ0v) is 13.6. The molecule has 0 saturated heterocycles. The third-order valence-corrected chi connectivity index (χ3v) is 4.67. The second-order valence-electron chi connectivity index (χ2n) is 6.29. The Morgan fingerprint density at radius 2 is 1.74 bits per heavy atom. The van der Waals surface area contributed by atoms with Gasteiger partial charge in [0.05, 0.1) is 0 Å². The summed E-state index contributed by atoms with van der Waals surface area (Å²) >= 11 is 0. The van der Waals surface area contributed by atoms with Crippen molar-refractivity contribution in [2.24, 2.45) is 0 Å². The summed E-state index contributed by atoms with van der Waals surface area (Å²) in [6.45, 7) is 10.8. The smallest absolute Gasteiger partial charge is 0.00670 e. The molecule has 1 N–H and O–H groups in total. The van der Waals surface area contributed by atoms with Gasteiger partial charge in [0.15, 0.2) is 0 Å². The molecule has 114 valence electrons. The number of hydrogen-bond acceptors (Lipinski definition) is 2. The van der Waals surface area contributed by atoms with Crippen molar-refractivity contribution >= 4 is 0 Å². The molecule has 0 radical (unpaired) electrons. The van der Waals surface area contributed by atoms with Gasteiger partial charge < -0.3 is 10.2 Å². The van der Waals surface area contributed by atoms with Crippen molar-refractivity contribution in [3.63, 3.8) is 0 Å². The summed E-state index contributed by atoms with van der Waals surface area (Å²) in [4.78, 5) is 2.69.